The van der Waals surface area contributed by atoms with Crippen LogP contribution < -0.4 is 5.32 Å². The van der Waals surface area contributed by atoms with Gasteiger partial charge in [-0.15, -0.1) is 22.7 Å². The summed E-state index contributed by atoms with van der Waals surface area (Å²) in [6.07, 6.45) is -2.16. The molecule has 11 heteroatoms. The van der Waals surface area contributed by atoms with Crippen molar-refractivity contribution < 1.29 is 18.0 Å². The maximum Gasteiger partial charge on any atom is 0.433 e. The lowest BCUT2D eigenvalue weighted by Crippen LogP contribution is -2.26. The Labute approximate surface area is 213 Å². The van der Waals surface area contributed by atoms with Crippen LogP contribution >= 0.6 is 22.7 Å². The van der Waals surface area contributed by atoms with Gasteiger partial charge in [-0.1, -0.05) is 26.8 Å². The third-order valence-corrected chi connectivity index (χ3v) is 8.61. The Bertz CT molecular complexity index is 1500. The molecule has 1 N–H and O–H groups in total. The summed E-state index contributed by atoms with van der Waals surface area (Å²) in [7, 11) is 0. The third-order valence-electron chi connectivity index (χ3n) is 6.55. The van der Waals surface area contributed by atoms with Crippen molar-refractivity contribution in [3.05, 3.63) is 57.0 Å². The second-order valence-electron chi connectivity index (χ2n) is 9.88. The van der Waals surface area contributed by atoms with Gasteiger partial charge >= 0.3 is 6.18 Å². The van der Waals surface area contributed by atoms with Crippen LogP contribution in [0.25, 0.3) is 16.2 Å². The highest BCUT2D eigenvalue weighted by Crippen LogP contribution is 2.44. The van der Waals surface area contributed by atoms with Crippen molar-refractivity contribution in [2.75, 3.05) is 5.32 Å². The van der Waals surface area contributed by atoms with Crippen LogP contribution in [0.5, 0.6) is 0 Å². The molecule has 36 heavy (non-hydrogen) atoms. The van der Waals surface area contributed by atoms with E-state index in [0.717, 1.165) is 35.8 Å². The van der Waals surface area contributed by atoms with E-state index < -0.39 is 17.8 Å². The number of halogens is 3. The van der Waals surface area contributed by atoms with Gasteiger partial charge in [0.05, 0.1) is 16.1 Å². The van der Waals surface area contributed by atoms with Crippen LogP contribution in [0.2, 0.25) is 0 Å². The molecule has 1 aliphatic carbocycles. The minimum Gasteiger partial charge on any atom is -0.311 e. The summed E-state index contributed by atoms with van der Waals surface area (Å²) in [6, 6.07) is 7.77. The fourth-order valence-corrected chi connectivity index (χ4v) is 6.50. The minimum absolute atomic E-state index is 0.0858. The number of amides is 1. The molecular weight excluding hydrogens is 507 g/mol. The largest absolute Gasteiger partial charge is 0.433 e. The standard InChI is InChI=1S/C25H22F3N5OS2/c1-24(2,3)13-6-7-14-15(12-29)23(36-19(14)9-13)31-22(34)17-11-21-30-16(18-5-4-8-35-18)10-20(25(26,27)28)33(21)32-17/h4-5,8,10-11,13H,6-7,9H2,1-3H3,(H,31,34)/t13-/m1/s1. The molecule has 0 fully saturated rings. The Balaban J connectivity index is 1.49. The van der Waals surface area contributed by atoms with Crippen molar-refractivity contribution in [1.29, 1.82) is 5.26 Å². The second kappa shape index (κ2) is 8.71. The average Bonchev–Trinajstić information content (AvgIpc) is 3.54. The van der Waals surface area contributed by atoms with Crippen LogP contribution in [0.4, 0.5) is 18.2 Å². The van der Waals surface area contributed by atoms with Crippen LogP contribution in [0.1, 0.15) is 59.4 Å². The predicted octanol–water partition coefficient (Wildman–Crippen LogP) is 6.81. The van der Waals surface area contributed by atoms with Crippen molar-refractivity contribution >= 4 is 39.2 Å². The minimum atomic E-state index is -4.70. The molecule has 4 aromatic rings. The van der Waals surface area contributed by atoms with Crippen LogP contribution in [-0.2, 0) is 19.0 Å². The van der Waals surface area contributed by atoms with Gasteiger partial charge in [-0.2, -0.15) is 23.5 Å². The van der Waals surface area contributed by atoms with Gasteiger partial charge in [0, 0.05) is 10.9 Å². The highest BCUT2D eigenvalue weighted by Gasteiger charge is 2.36. The lowest BCUT2D eigenvalue weighted by Gasteiger charge is -2.33. The number of anilines is 1. The Morgan fingerprint density at radius 2 is 2.06 bits per heavy atom. The molecule has 186 valence electrons. The van der Waals surface area contributed by atoms with E-state index in [1.54, 1.807) is 17.5 Å². The quantitative estimate of drug-likeness (QED) is 0.316. The molecule has 0 radical (unpaired) electrons. The van der Waals surface area contributed by atoms with Gasteiger partial charge in [0.15, 0.2) is 17.0 Å². The zero-order valence-corrected chi connectivity index (χ0v) is 21.4. The van der Waals surface area contributed by atoms with E-state index in [-0.39, 0.29) is 22.5 Å². The number of aromatic nitrogens is 3. The molecule has 4 heterocycles. The molecule has 5 rings (SSSR count). The molecule has 0 spiro atoms. The van der Waals surface area contributed by atoms with Crippen molar-refractivity contribution in [2.24, 2.45) is 11.3 Å². The first-order chi connectivity index (χ1) is 17.0. The van der Waals surface area contributed by atoms with E-state index >= 15 is 0 Å². The number of rotatable bonds is 3. The smallest absolute Gasteiger partial charge is 0.311 e. The summed E-state index contributed by atoms with van der Waals surface area (Å²) in [5.41, 5.74) is 0.342. The summed E-state index contributed by atoms with van der Waals surface area (Å²) < 4.78 is 42.1. The number of alkyl halides is 3. The summed E-state index contributed by atoms with van der Waals surface area (Å²) in [5, 5.41) is 18.6. The van der Waals surface area contributed by atoms with Gasteiger partial charge in [0.25, 0.3) is 5.91 Å². The molecule has 1 atom stereocenters. The Hall–Kier alpha value is -3.23. The van der Waals surface area contributed by atoms with E-state index in [2.05, 4.69) is 42.2 Å². The maximum atomic E-state index is 13.8. The van der Waals surface area contributed by atoms with Crippen LogP contribution in [0.15, 0.2) is 29.6 Å². The normalized spacial score (nSPS) is 16.1. The number of nitrogens with zero attached hydrogens (tertiary/aromatic N) is 4. The monoisotopic (exact) mass is 529 g/mol. The van der Waals surface area contributed by atoms with Gasteiger partial charge in [-0.3, -0.25) is 4.79 Å². The number of carbonyl (C=O) groups is 1. The molecule has 0 aliphatic heterocycles. The summed E-state index contributed by atoms with van der Waals surface area (Å²) in [5.74, 6) is -0.227. The molecule has 1 amide bonds. The summed E-state index contributed by atoms with van der Waals surface area (Å²) >= 11 is 2.63. The number of hydrogen-bond acceptors (Lipinski definition) is 6. The molecule has 0 saturated heterocycles. The van der Waals surface area contributed by atoms with Crippen molar-refractivity contribution in [1.82, 2.24) is 14.6 Å². The molecular formula is C25H22F3N5OS2. The summed E-state index contributed by atoms with van der Waals surface area (Å²) in [4.78, 5) is 19.0. The van der Waals surface area contributed by atoms with Gasteiger partial charge in [0.1, 0.15) is 11.1 Å². The van der Waals surface area contributed by atoms with Gasteiger partial charge in [-0.25, -0.2) is 9.50 Å². The second-order valence-corrected chi connectivity index (χ2v) is 11.9. The Morgan fingerprint density at radius 3 is 2.69 bits per heavy atom. The fourth-order valence-electron chi connectivity index (χ4n) is 4.54. The number of nitriles is 1. The molecule has 4 aromatic heterocycles. The van der Waals surface area contributed by atoms with Crippen LogP contribution in [0.3, 0.4) is 0 Å². The Morgan fingerprint density at radius 1 is 1.28 bits per heavy atom. The number of nitrogens with one attached hydrogen (secondary N) is 1. The predicted molar refractivity (Wildman–Crippen MR) is 133 cm³/mol. The zero-order chi connectivity index (χ0) is 25.8. The number of thiophene rings is 2. The van der Waals surface area contributed by atoms with E-state index in [1.807, 2.05) is 0 Å². The maximum absolute atomic E-state index is 13.8. The van der Waals surface area contributed by atoms with E-state index in [1.165, 1.54) is 28.7 Å². The molecule has 1 aliphatic rings. The molecule has 0 saturated carbocycles. The van der Waals surface area contributed by atoms with Gasteiger partial charge < -0.3 is 5.32 Å². The Kier molecular flexibility index (Phi) is 5.92. The SMILES string of the molecule is CC(C)(C)[C@@H]1CCc2c(sc(NC(=O)c3cc4nc(-c5cccs5)cc(C(F)(F)F)n4n3)c2C#N)C1. The molecule has 0 aromatic carbocycles. The average molecular weight is 530 g/mol. The lowest BCUT2D eigenvalue weighted by molar-refractivity contribution is -0.142. The third kappa shape index (κ3) is 4.40. The first kappa shape index (κ1) is 24.5. The lowest BCUT2D eigenvalue weighted by atomic mass is 9.72. The number of hydrogen-bond donors (Lipinski definition) is 1. The molecule has 6 nitrogen and oxygen atoms in total. The van der Waals surface area contributed by atoms with Crippen molar-refractivity contribution in [2.45, 2.75) is 46.2 Å². The first-order valence-electron chi connectivity index (χ1n) is 11.3. The summed E-state index contributed by atoms with van der Waals surface area (Å²) in [6.45, 7) is 6.59. The van der Waals surface area contributed by atoms with Crippen molar-refractivity contribution in [3.63, 3.8) is 0 Å². The van der Waals surface area contributed by atoms with E-state index in [4.69, 9.17) is 0 Å². The van der Waals surface area contributed by atoms with Crippen molar-refractivity contribution in [3.8, 4) is 16.6 Å². The first-order valence-corrected chi connectivity index (χ1v) is 13.0. The van der Waals surface area contributed by atoms with Crippen LogP contribution in [-0.4, -0.2) is 20.5 Å². The number of fused-ring (bicyclic) bond motifs is 2. The molecule has 0 bridgehead atoms. The topological polar surface area (TPSA) is 83.1 Å². The van der Waals surface area contributed by atoms with Crippen LogP contribution in [0, 0.1) is 22.7 Å². The molecule has 0 unspecified atom stereocenters. The van der Waals surface area contributed by atoms with E-state index in [9.17, 15) is 23.2 Å². The van der Waals surface area contributed by atoms with Gasteiger partial charge in [-0.05, 0) is 53.7 Å². The zero-order valence-electron chi connectivity index (χ0n) is 19.7. The van der Waals surface area contributed by atoms with Gasteiger partial charge in [0.2, 0.25) is 0 Å². The highest BCUT2D eigenvalue weighted by atomic mass is 32.1. The fraction of sp³-hybridized carbons (Fsp3) is 0.360. The van der Waals surface area contributed by atoms with E-state index in [0.29, 0.717) is 25.9 Å². The number of carbonyl (C=O) groups excluding carboxylic acids is 1. The highest BCUT2D eigenvalue weighted by molar-refractivity contribution is 7.16.